The van der Waals surface area contributed by atoms with Crippen molar-refractivity contribution in [2.24, 2.45) is 11.7 Å². The Morgan fingerprint density at radius 1 is 1.22 bits per heavy atom. The molecule has 1 aromatic rings. The molecule has 0 aliphatic rings. The summed E-state index contributed by atoms with van der Waals surface area (Å²) in [5.41, 5.74) is 7.08. The van der Waals surface area contributed by atoms with Gasteiger partial charge in [0.15, 0.2) is 0 Å². The summed E-state index contributed by atoms with van der Waals surface area (Å²) in [6, 6.07) is 3.49. The molecule has 1 aromatic carbocycles. The molecule has 0 heterocycles. The Morgan fingerprint density at radius 3 is 2.44 bits per heavy atom. The lowest BCUT2D eigenvalue weighted by Crippen LogP contribution is -2.14. The van der Waals surface area contributed by atoms with Crippen molar-refractivity contribution in [1.82, 2.24) is 0 Å². The van der Waals surface area contributed by atoms with Crippen LogP contribution in [-0.4, -0.2) is 6.61 Å². The average Bonchev–Trinajstić information content (AvgIpc) is 2.33. The van der Waals surface area contributed by atoms with Crippen molar-refractivity contribution in [2.45, 2.75) is 39.7 Å². The highest BCUT2D eigenvalue weighted by molar-refractivity contribution is 6.34. The van der Waals surface area contributed by atoms with Gasteiger partial charge in [0.2, 0.25) is 0 Å². The van der Waals surface area contributed by atoms with Gasteiger partial charge in [0.1, 0.15) is 5.75 Å². The van der Waals surface area contributed by atoms with Crippen LogP contribution in [0.15, 0.2) is 12.1 Å². The second kappa shape index (κ2) is 7.22. The average molecular weight is 290 g/mol. The summed E-state index contributed by atoms with van der Waals surface area (Å²) in [5.74, 6) is 1.19. The van der Waals surface area contributed by atoms with E-state index in [-0.39, 0.29) is 6.04 Å². The van der Waals surface area contributed by atoms with Crippen LogP contribution in [0.3, 0.4) is 0 Å². The molecular formula is C14H21Cl2NO. The van der Waals surface area contributed by atoms with Crippen LogP contribution in [0, 0.1) is 5.92 Å². The summed E-state index contributed by atoms with van der Waals surface area (Å²) < 4.78 is 5.40. The normalized spacial score (nSPS) is 14.3. The van der Waals surface area contributed by atoms with E-state index in [9.17, 15) is 0 Å². The third-order valence-corrected chi connectivity index (χ3v) is 3.73. The lowest BCUT2D eigenvalue weighted by Gasteiger charge is -2.19. The van der Waals surface area contributed by atoms with E-state index in [1.165, 1.54) is 0 Å². The predicted molar refractivity (Wildman–Crippen MR) is 78.6 cm³/mol. The van der Waals surface area contributed by atoms with Crippen molar-refractivity contribution in [3.05, 3.63) is 27.7 Å². The molecular weight excluding hydrogens is 269 g/mol. The summed E-state index contributed by atoms with van der Waals surface area (Å²) in [5, 5.41) is 1.19. The van der Waals surface area contributed by atoms with Crippen molar-refractivity contribution in [3.63, 3.8) is 0 Å². The molecule has 0 amide bonds. The zero-order valence-electron chi connectivity index (χ0n) is 11.2. The van der Waals surface area contributed by atoms with E-state index in [4.69, 9.17) is 33.7 Å². The monoisotopic (exact) mass is 289 g/mol. The molecule has 18 heavy (non-hydrogen) atoms. The van der Waals surface area contributed by atoms with Gasteiger partial charge in [-0.3, -0.25) is 0 Å². The summed E-state index contributed by atoms with van der Waals surface area (Å²) in [6.07, 6.45) is 2.01. The molecule has 0 aromatic heterocycles. The van der Waals surface area contributed by atoms with Crippen LogP contribution in [0.1, 0.15) is 45.2 Å². The number of hydrogen-bond acceptors (Lipinski definition) is 2. The molecule has 0 radical (unpaired) electrons. The summed E-state index contributed by atoms with van der Waals surface area (Å²) in [4.78, 5) is 0. The van der Waals surface area contributed by atoms with Gasteiger partial charge in [0.25, 0.3) is 0 Å². The first kappa shape index (κ1) is 15.6. The largest absolute Gasteiger partial charge is 0.492 e. The van der Waals surface area contributed by atoms with E-state index in [0.717, 1.165) is 18.4 Å². The van der Waals surface area contributed by atoms with E-state index in [2.05, 4.69) is 13.8 Å². The fourth-order valence-electron chi connectivity index (χ4n) is 1.82. The van der Waals surface area contributed by atoms with Crippen LogP contribution in [0.2, 0.25) is 10.0 Å². The van der Waals surface area contributed by atoms with E-state index in [1.807, 2.05) is 13.0 Å². The van der Waals surface area contributed by atoms with Crippen molar-refractivity contribution in [3.8, 4) is 5.75 Å². The molecule has 2 atom stereocenters. The first-order valence-electron chi connectivity index (χ1n) is 6.36. The molecule has 0 aliphatic heterocycles. The highest BCUT2D eigenvalue weighted by atomic mass is 35.5. The molecule has 0 spiro atoms. The van der Waals surface area contributed by atoms with Crippen LogP contribution in [0.4, 0.5) is 0 Å². The van der Waals surface area contributed by atoms with Gasteiger partial charge in [-0.1, -0.05) is 43.5 Å². The maximum absolute atomic E-state index is 6.24. The smallest absolute Gasteiger partial charge is 0.139 e. The summed E-state index contributed by atoms with van der Waals surface area (Å²) >= 11 is 12.4. The first-order chi connectivity index (χ1) is 8.49. The number of nitrogens with two attached hydrogens (primary N) is 1. The molecule has 0 aliphatic carbocycles. The number of hydrogen-bond donors (Lipinski definition) is 1. The molecule has 0 saturated carbocycles. The summed E-state index contributed by atoms with van der Waals surface area (Å²) in [6.45, 7) is 6.81. The van der Waals surface area contributed by atoms with Crippen molar-refractivity contribution in [1.29, 1.82) is 0 Å². The van der Waals surface area contributed by atoms with Gasteiger partial charge in [-0.2, -0.15) is 0 Å². The van der Waals surface area contributed by atoms with E-state index in [1.54, 1.807) is 6.07 Å². The fraction of sp³-hybridized carbons (Fsp3) is 0.571. The van der Waals surface area contributed by atoms with Crippen molar-refractivity contribution >= 4 is 23.2 Å². The van der Waals surface area contributed by atoms with E-state index in [0.29, 0.717) is 28.3 Å². The minimum absolute atomic E-state index is 0.0828. The zero-order valence-corrected chi connectivity index (χ0v) is 12.7. The predicted octanol–water partition coefficient (Wildman–Crippen LogP) is 4.83. The minimum Gasteiger partial charge on any atom is -0.492 e. The molecule has 0 saturated heterocycles. The molecule has 2 unspecified atom stereocenters. The second-order valence-corrected chi connectivity index (χ2v) is 5.41. The Kier molecular flexibility index (Phi) is 6.27. The summed E-state index contributed by atoms with van der Waals surface area (Å²) in [7, 11) is 0. The fourth-order valence-corrected chi connectivity index (χ4v) is 2.34. The third kappa shape index (κ3) is 4.04. The topological polar surface area (TPSA) is 35.2 Å². The zero-order chi connectivity index (χ0) is 13.7. The Bertz CT molecular complexity index is 396. The number of rotatable bonds is 6. The SMILES string of the molecule is CCOc1cc(Cl)c(C(N)CC(C)CC)cc1Cl. The Morgan fingerprint density at radius 2 is 1.89 bits per heavy atom. The minimum atomic E-state index is -0.0828. The molecule has 102 valence electrons. The maximum Gasteiger partial charge on any atom is 0.139 e. The Labute approximate surface area is 119 Å². The standard InChI is InChI=1S/C14H21Cl2NO/c1-4-9(3)6-13(17)10-7-12(16)14(18-5-2)8-11(10)15/h7-9,13H,4-6,17H2,1-3H3. The van der Waals surface area contributed by atoms with Crippen LogP contribution >= 0.6 is 23.2 Å². The molecule has 0 fully saturated rings. The molecule has 0 bridgehead atoms. The second-order valence-electron chi connectivity index (χ2n) is 4.59. The van der Waals surface area contributed by atoms with Gasteiger partial charge in [-0.05, 0) is 30.9 Å². The molecule has 2 nitrogen and oxygen atoms in total. The first-order valence-corrected chi connectivity index (χ1v) is 7.12. The van der Waals surface area contributed by atoms with Gasteiger partial charge < -0.3 is 10.5 Å². The highest BCUT2D eigenvalue weighted by Crippen LogP contribution is 2.35. The van der Waals surface area contributed by atoms with Crippen molar-refractivity contribution in [2.75, 3.05) is 6.61 Å². The van der Waals surface area contributed by atoms with E-state index >= 15 is 0 Å². The van der Waals surface area contributed by atoms with Gasteiger partial charge in [-0.15, -0.1) is 0 Å². The quantitative estimate of drug-likeness (QED) is 0.814. The maximum atomic E-state index is 6.24. The molecule has 1 rings (SSSR count). The third-order valence-electron chi connectivity index (χ3n) is 3.10. The lowest BCUT2D eigenvalue weighted by atomic mass is 9.95. The molecule has 4 heteroatoms. The van der Waals surface area contributed by atoms with Crippen LogP contribution in [0.25, 0.3) is 0 Å². The van der Waals surface area contributed by atoms with E-state index < -0.39 is 0 Å². The van der Waals surface area contributed by atoms with Gasteiger partial charge >= 0.3 is 0 Å². The Hall–Kier alpha value is -0.440. The van der Waals surface area contributed by atoms with Crippen LogP contribution in [0.5, 0.6) is 5.75 Å². The highest BCUT2D eigenvalue weighted by Gasteiger charge is 2.16. The number of halogens is 2. The van der Waals surface area contributed by atoms with Crippen LogP contribution < -0.4 is 10.5 Å². The van der Waals surface area contributed by atoms with Gasteiger partial charge in [-0.25, -0.2) is 0 Å². The van der Waals surface area contributed by atoms with Gasteiger partial charge in [0.05, 0.1) is 11.6 Å². The van der Waals surface area contributed by atoms with Crippen molar-refractivity contribution < 1.29 is 4.74 Å². The number of ether oxygens (including phenoxy) is 1. The molecule has 2 N–H and O–H groups in total. The van der Waals surface area contributed by atoms with Crippen LogP contribution in [-0.2, 0) is 0 Å². The lowest BCUT2D eigenvalue weighted by molar-refractivity contribution is 0.340. The Balaban J connectivity index is 2.92. The van der Waals surface area contributed by atoms with Gasteiger partial charge in [0, 0.05) is 17.1 Å². The number of benzene rings is 1.